The first-order valence-corrected chi connectivity index (χ1v) is 6.24. The Hall–Kier alpha value is -1.06. The summed E-state index contributed by atoms with van der Waals surface area (Å²) in [5.74, 6) is -0.902. The molecular formula is C13H23NO3. The van der Waals surface area contributed by atoms with E-state index in [0.717, 1.165) is 6.42 Å². The molecule has 0 heterocycles. The lowest BCUT2D eigenvalue weighted by Gasteiger charge is -2.15. The van der Waals surface area contributed by atoms with Crippen LogP contribution in [0.4, 0.5) is 0 Å². The van der Waals surface area contributed by atoms with E-state index in [-0.39, 0.29) is 23.8 Å². The number of carbonyl (C=O) groups excluding carboxylic acids is 1. The molecule has 1 aliphatic carbocycles. The van der Waals surface area contributed by atoms with Crippen molar-refractivity contribution in [3.63, 3.8) is 0 Å². The average Bonchev–Trinajstić information content (AvgIpc) is 2.81. The number of carbonyl (C=O) groups is 2. The summed E-state index contributed by atoms with van der Waals surface area (Å²) in [6, 6.07) is 0. The Morgan fingerprint density at radius 3 is 2.29 bits per heavy atom. The molecule has 0 saturated heterocycles. The van der Waals surface area contributed by atoms with Crippen LogP contribution >= 0.6 is 0 Å². The molecule has 0 radical (unpaired) electrons. The number of amides is 1. The standard InChI is InChI=1S/C13H23NO3/c1-8(2)5-9(12(16)17)7-14-11(15)10-6-13(10,3)4/h8-10H,5-7H2,1-4H3,(H,14,15)(H,16,17)/t9?,10-/m1/s1. The van der Waals surface area contributed by atoms with Crippen molar-refractivity contribution in [2.24, 2.45) is 23.2 Å². The maximum absolute atomic E-state index is 11.7. The minimum Gasteiger partial charge on any atom is -0.481 e. The Balaban J connectivity index is 2.37. The molecule has 1 saturated carbocycles. The molecule has 1 aliphatic rings. The van der Waals surface area contributed by atoms with Gasteiger partial charge >= 0.3 is 5.97 Å². The van der Waals surface area contributed by atoms with E-state index in [4.69, 9.17) is 5.11 Å². The highest BCUT2D eigenvalue weighted by Gasteiger charge is 2.50. The lowest BCUT2D eigenvalue weighted by atomic mass is 9.97. The van der Waals surface area contributed by atoms with Crippen molar-refractivity contribution in [1.29, 1.82) is 0 Å². The molecule has 1 amide bonds. The number of carboxylic acids is 1. The lowest BCUT2D eigenvalue weighted by Crippen LogP contribution is -2.35. The fraction of sp³-hybridized carbons (Fsp3) is 0.846. The summed E-state index contributed by atoms with van der Waals surface area (Å²) in [6.45, 7) is 8.34. The molecule has 4 heteroatoms. The fourth-order valence-corrected chi connectivity index (χ4v) is 2.10. The predicted octanol–water partition coefficient (Wildman–Crippen LogP) is 1.90. The summed E-state index contributed by atoms with van der Waals surface area (Å²) >= 11 is 0. The van der Waals surface area contributed by atoms with E-state index in [1.807, 2.05) is 13.8 Å². The van der Waals surface area contributed by atoms with Crippen LogP contribution in [0.15, 0.2) is 0 Å². The molecule has 4 nitrogen and oxygen atoms in total. The third kappa shape index (κ3) is 4.02. The zero-order valence-corrected chi connectivity index (χ0v) is 11.1. The van der Waals surface area contributed by atoms with Crippen LogP contribution in [0, 0.1) is 23.2 Å². The molecule has 0 bridgehead atoms. The number of aliphatic carboxylic acids is 1. The van der Waals surface area contributed by atoms with Gasteiger partial charge in [-0.05, 0) is 24.2 Å². The van der Waals surface area contributed by atoms with E-state index < -0.39 is 11.9 Å². The van der Waals surface area contributed by atoms with Gasteiger partial charge in [0.25, 0.3) is 0 Å². The first kappa shape index (κ1) is 14.0. The summed E-state index contributed by atoms with van der Waals surface area (Å²) in [5.41, 5.74) is 0.0981. The number of hydrogen-bond donors (Lipinski definition) is 2. The van der Waals surface area contributed by atoms with Gasteiger partial charge in [-0.25, -0.2) is 0 Å². The minimum absolute atomic E-state index is 0.00464. The van der Waals surface area contributed by atoms with Crippen LogP contribution in [0.5, 0.6) is 0 Å². The summed E-state index contributed by atoms with van der Waals surface area (Å²) in [7, 11) is 0. The van der Waals surface area contributed by atoms with Crippen molar-refractivity contribution in [3.05, 3.63) is 0 Å². The number of nitrogens with one attached hydrogen (secondary N) is 1. The molecular weight excluding hydrogens is 218 g/mol. The predicted molar refractivity (Wildman–Crippen MR) is 65.5 cm³/mol. The Kier molecular flexibility index (Phi) is 4.17. The van der Waals surface area contributed by atoms with Crippen LogP contribution in [-0.4, -0.2) is 23.5 Å². The van der Waals surface area contributed by atoms with E-state index in [2.05, 4.69) is 19.2 Å². The Bertz CT molecular complexity index is 310. The molecule has 0 aromatic heterocycles. The van der Waals surface area contributed by atoms with Gasteiger partial charge in [-0.1, -0.05) is 27.7 Å². The smallest absolute Gasteiger partial charge is 0.308 e. The number of carboxylic acid groups (broad SMARTS) is 1. The molecule has 0 aliphatic heterocycles. The molecule has 1 rings (SSSR count). The maximum atomic E-state index is 11.7. The third-order valence-electron chi connectivity index (χ3n) is 3.46. The molecule has 98 valence electrons. The van der Waals surface area contributed by atoms with E-state index in [9.17, 15) is 9.59 Å². The second-order valence-corrected chi connectivity index (χ2v) is 6.16. The second-order valence-electron chi connectivity index (χ2n) is 6.16. The fourth-order valence-electron chi connectivity index (χ4n) is 2.10. The average molecular weight is 241 g/mol. The van der Waals surface area contributed by atoms with Gasteiger partial charge in [0, 0.05) is 12.5 Å². The molecule has 17 heavy (non-hydrogen) atoms. The van der Waals surface area contributed by atoms with Gasteiger partial charge in [0.2, 0.25) is 5.91 Å². The van der Waals surface area contributed by atoms with E-state index in [1.165, 1.54) is 0 Å². The molecule has 0 spiro atoms. The van der Waals surface area contributed by atoms with E-state index in [1.54, 1.807) is 0 Å². The van der Waals surface area contributed by atoms with Crippen LogP contribution in [0.25, 0.3) is 0 Å². The Morgan fingerprint density at radius 1 is 1.41 bits per heavy atom. The van der Waals surface area contributed by atoms with Crippen molar-refractivity contribution < 1.29 is 14.7 Å². The minimum atomic E-state index is -0.825. The van der Waals surface area contributed by atoms with Crippen LogP contribution in [-0.2, 0) is 9.59 Å². The Labute approximate surface area is 103 Å². The monoisotopic (exact) mass is 241 g/mol. The highest BCUT2D eigenvalue weighted by Crippen LogP contribution is 2.51. The van der Waals surface area contributed by atoms with Gasteiger partial charge in [0.1, 0.15) is 0 Å². The van der Waals surface area contributed by atoms with Crippen molar-refractivity contribution in [3.8, 4) is 0 Å². The van der Waals surface area contributed by atoms with E-state index >= 15 is 0 Å². The highest BCUT2D eigenvalue weighted by molar-refractivity contribution is 5.83. The van der Waals surface area contributed by atoms with Crippen LogP contribution in [0.2, 0.25) is 0 Å². The van der Waals surface area contributed by atoms with Gasteiger partial charge in [0.05, 0.1) is 5.92 Å². The summed E-state index contributed by atoms with van der Waals surface area (Å²) < 4.78 is 0. The van der Waals surface area contributed by atoms with Crippen molar-refractivity contribution in [2.45, 2.75) is 40.5 Å². The van der Waals surface area contributed by atoms with Gasteiger partial charge in [-0.15, -0.1) is 0 Å². The van der Waals surface area contributed by atoms with Gasteiger partial charge in [-0.2, -0.15) is 0 Å². The lowest BCUT2D eigenvalue weighted by molar-refractivity contribution is -0.142. The highest BCUT2D eigenvalue weighted by atomic mass is 16.4. The SMILES string of the molecule is CC(C)CC(CNC(=O)[C@H]1CC1(C)C)C(=O)O. The van der Waals surface area contributed by atoms with Crippen LogP contribution < -0.4 is 5.32 Å². The summed E-state index contributed by atoms with van der Waals surface area (Å²) in [6.07, 6.45) is 1.50. The topological polar surface area (TPSA) is 66.4 Å². The molecule has 1 unspecified atom stereocenters. The maximum Gasteiger partial charge on any atom is 0.308 e. The quantitative estimate of drug-likeness (QED) is 0.746. The van der Waals surface area contributed by atoms with Gasteiger partial charge in [-0.3, -0.25) is 9.59 Å². The largest absolute Gasteiger partial charge is 0.481 e. The van der Waals surface area contributed by atoms with Crippen molar-refractivity contribution >= 4 is 11.9 Å². The van der Waals surface area contributed by atoms with Crippen molar-refractivity contribution in [1.82, 2.24) is 5.32 Å². The van der Waals surface area contributed by atoms with Crippen LogP contribution in [0.1, 0.15) is 40.5 Å². The normalized spacial score (nSPS) is 23.2. The molecule has 2 N–H and O–H groups in total. The Morgan fingerprint density at radius 2 is 1.94 bits per heavy atom. The zero-order chi connectivity index (χ0) is 13.2. The molecule has 1 fully saturated rings. The van der Waals surface area contributed by atoms with Crippen LogP contribution in [0.3, 0.4) is 0 Å². The van der Waals surface area contributed by atoms with Gasteiger partial charge < -0.3 is 10.4 Å². The summed E-state index contributed by atoms with van der Waals surface area (Å²) in [4.78, 5) is 22.7. The number of rotatable bonds is 6. The zero-order valence-electron chi connectivity index (χ0n) is 11.1. The van der Waals surface area contributed by atoms with Crippen molar-refractivity contribution in [2.75, 3.05) is 6.54 Å². The molecule has 0 aromatic rings. The third-order valence-corrected chi connectivity index (χ3v) is 3.46. The van der Waals surface area contributed by atoms with Gasteiger partial charge in [0.15, 0.2) is 0 Å². The number of hydrogen-bond acceptors (Lipinski definition) is 2. The molecule has 0 aromatic carbocycles. The first-order chi connectivity index (χ1) is 7.74. The first-order valence-electron chi connectivity index (χ1n) is 6.24. The molecule has 2 atom stereocenters. The van der Waals surface area contributed by atoms with E-state index in [0.29, 0.717) is 12.3 Å². The summed E-state index contributed by atoms with van der Waals surface area (Å²) in [5, 5.41) is 11.8. The second kappa shape index (κ2) is 5.07.